The number of nitrogens with zero attached hydrogens (tertiary/aromatic N) is 4. The average Bonchev–Trinajstić information content (AvgIpc) is 3.18. The quantitative estimate of drug-likeness (QED) is 0.530. The monoisotopic (exact) mass is 387 g/mol. The summed E-state index contributed by atoms with van der Waals surface area (Å²) >= 11 is 0. The molecule has 1 aliphatic rings. The second-order valence-electron chi connectivity index (χ2n) is 6.97. The van der Waals surface area contributed by atoms with Gasteiger partial charge in [-0.15, -0.1) is 0 Å². The molecule has 1 aliphatic heterocycles. The van der Waals surface area contributed by atoms with Gasteiger partial charge in [0.05, 0.1) is 17.6 Å². The number of para-hydroxylation sites is 2. The number of H-pyrrole nitrogens is 1. The fourth-order valence-corrected chi connectivity index (χ4v) is 3.49. The summed E-state index contributed by atoms with van der Waals surface area (Å²) in [5.74, 6) is 0.364. The molecular weight excluding hydrogens is 366 g/mol. The molecule has 2 heterocycles. The van der Waals surface area contributed by atoms with Crippen LogP contribution in [0.15, 0.2) is 60.4 Å². The summed E-state index contributed by atoms with van der Waals surface area (Å²) in [5, 5.41) is 20.1. The number of hydrogen-bond acceptors (Lipinski definition) is 5. The molecule has 0 radical (unpaired) electrons. The van der Waals surface area contributed by atoms with E-state index in [9.17, 15) is 15.2 Å². The number of nitrogens with one attached hydrogen (secondary N) is 1. The minimum absolute atomic E-state index is 0.0185. The SMILES string of the molecule is N#C/C(=C(/O)CN1CCN(C(=O)c2ccccc2)CC1)c1nc2ccccc2[nH]1. The van der Waals surface area contributed by atoms with E-state index in [0.29, 0.717) is 37.6 Å². The third kappa shape index (κ3) is 3.98. The smallest absolute Gasteiger partial charge is 0.253 e. The van der Waals surface area contributed by atoms with Crippen molar-refractivity contribution < 1.29 is 9.90 Å². The zero-order valence-electron chi connectivity index (χ0n) is 15.9. The lowest BCUT2D eigenvalue weighted by molar-refractivity contribution is 0.0637. The van der Waals surface area contributed by atoms with Gasteiger partial charge in [-0.3, -0.25) is 9.69 Å². The van der Waals surface area contributed by atoms with Crippen molar-refractivity contribution >= 4 is 22.5 Å². The van der Waals surface area contributed by atoms with Crippen LogP contribution in [0.4, 0.5) is 0 Å². The van der Waals surface area contributed by atoms with Crippen LogP contribution in [0.1, 0.15) is 16.2 Å². The average molecular weight is 387 g/mol. The molecule has 1 saturated heterocycles. The van der Waals surface area contributed by atoms with Crippen LogP contribution in [0.2, 0.25) is 0 Å². The maximum Gasteiger partial charge on any atom is 0.253 e. The molecule has 1 aromatic heterocycles. The van der Waals surface area contributed by atoms with Crippen LogP contribution in [-0.2, 0) is 0 Å². The van der Waals surface area contributed by atoms with Crippen LogP contribution >= 0.6 is 0 Å². The Morgan fingerprint density at radius 1 is 1.07 bits per heavy atom. The van der Waals surface area contributed by atoms with Crippen LogP contribution in [0, 0.1) is 11.3 Å². The van der Waals surface area contributed by atoms with E-state index < -0.39 is 0 Å². The number of aliphatic hydroxyl groups excluding tert-OH is 1. The number of piperazine rings is 1. The number of carbonyl (C=O) groups excluding carboxylic acids is 1. The van der Waals surface area contributed by atoms with Crippen LogP contribution in [0.25, 0.3) is 16.6 Å². The zero-order valence-corrected chi connectivity index (χ0v) is 15.9. The number of carbonyl (C=O) groups is 1. The van der Waals surface area contributed by atoms with Crippen molar-refractivity contribution in [3.8, 4) is 6.07 Å². The lowest BCUT2D eigenvalue weighted by Gasteiger charge is -2.34. The first-order chi connectivity index (χ1) is 14.2. The van der Waals surface area contributed by atoms with Gasteiger partial charge in [-0.1, -0.05) is 30.3 Å². The van der Waals surface area contributed by atoms with Crippen molar-refractivity contribution in [2.75, 3.05) is 32.7 Å². The molecule has 7 nitrogen and oxygen atoms in total. The van der Waals surface area contributed by atoms with E-state index in [-0.39, 0.29) is 23.8 Å². The minimum atomic E-state index is -0.0191. The van der Waals surface area contributed by atoms with Gasteiger partial charge in [-0.05, 0) is 24.3 Å². The fourth-order valence-electron chi connectivity index (χ4n) is 3.49. The first-order valence-electron chi connectivity index (χ1n) is 9.49. The number of allylic oxidation sites excluding steroid dienone is 1. The molecule has 1 fully saturated rings. The van der Waals surface area contributed by atoms with Gasteiger partial charge >= 0.3 is 0 Å². The van der Waals surface area contributed by atoms with E-state index >= 15 is 0 Å². The summed E-state index contributed by atoms with van der Waals surface area (Å²) in [6.07, 6.45) is 0. The molecule has 0 aliphatic carbocycles. The molecule has 2 N–H and O–H groups in total. The van der Waals surface area contributed by atoms with Gasteiger partial charge in [-0.25, -0.2) is 4.98 Å². The first-order valence-corrected chi connectivity index (χ1v) is 9.49. The third-order valence-electron chi connectivity index (χ3n) is 5.08. The molecule has 0 saturated carbocycles. The predicted octanol–water partition coefficient (Wildman–Crippen LogP) is 2.81. The highest BCUT2D eigenvalue weighted by molar-refractivity contribution is 5.94. The number of benzene rings is 2. The highest BCUT2D eigenvalue weighted by atomic mass is 16.3. The Hall–Kier alpha value is -3.63. The number of hydrogen-bond donors (Lipinski definition) is 2. The van der Waals surface area contributed by atoms with Gasteiger partial charge in [-0.2, -0.15) is 5.26 Å². The normalized spacial score (nSPS) is 15.8. The molecule has 7 heteroatoms. The molecule has 2 aromatic carbocycles. The Balaban J connectivity index is 1.42. The highest BCUT2D eigenvalue weighted by Crippen LogP contribution is 2.19. The van der Waals surface area contributed by atoms with E-state index in [0.717, 1.165) is 11.0 Å². The van der Waals surface area contributed by atoms with Crippen LogP contribution in [0.5, 0.6) is 0 Å². The number of aromatic nitrogens is 2. The Bertz CT molecular complexity index is 1060. The lowest BCUT2D eigenvalue weighted by atomic mass is 10.1. The predicted molar refractivity (Wildman–Crippen MR) is 110 cm³/mol. The molecule has 29 heavy (non-hydrogen) atoms. The second-order valence-corrected chi connectivity index (χ2v) is 6.97. The van der Waals surface area contributed by atoms with E-state index in [1.165, 1.54) is 0 Å². The fraction of sp³-hybridized carbons (Fsp3) is 0.227. The summed E-state index contributed by atoms with van der Waals surface area (Å²) < 4.78 is 0. The van der Waals surface area contributed by atoms with Crippen molar-refractivity contribution in [1.29, 1.82) is 5.26 Å². The van der Waals surface area contributed by atoms with Crippen molar-refractivity contribution in [3.63, 3.8) is 0 Å². The van der Waals surface area contributed by atoms with Gasteiger partial charge in [0, 0.05) is 31.7 Å². The summed E-state index contributed by atoms with van der Waals surface area (Å²) in [4.78, 5) is 23.9. The van der Waals surface area contributed by atoms with Crippen LogP contribution in [-0.4, -0.2) is 63.5 Å². The molecule has 146 valence electrons. The summed E-state index contributed by atoms with van der Waals surface area (Å²) in [5.41, 5.74) is 2.39. The number of amides is 1. The van der Waals surface area contributed by atoms with Gasteiger partial charge in [0.1, 0.15) is 17.4 Å². The standard InChI is InChI=1S/C22H21N5O2/c23-14-17(21-24-18-8-4-5-9-19(18)25-21)20(28)15-26-10-12-27(13-11-26)22(29)16-6-2-1-3-7-16/h1-9,28H,10-13,15H2,(H,24,25)/b20-17-. The topological polar surface area (TPSA) is 96.2 Å². The van der Waals surface area contributed by atoms with Crippen molar-refractivity contribution in [2.45, 2.75) is 0 Å². The van der Waals surface area contributed by atoms with Gasteiger partial charge in [0.2, 0.25) is 0 Å². The second kappa shape index (κ2) is 8.17. The summed E-state index contributed by atoms with van der Waals surface area (Å²) in [6.45, 7) is 2.65. The maximum absolute atomic E-state index is 12.5. The Labute approximate surface area is 168 Å². The number of fused-ring (bicyclic) bond motifs is 1. The maximum atomic E-state index is 12.5. The molecular formula is C22H21N5O2. The number of imidazole rings is 1. The molecule has 0 bridgehead atoms. The van der Waals surface area contributed by atoms with E-state index in [2.05, 4.69) is 16.0 Å². The summed E-state index contributed by atoms with van der Waals surface area (Å²) in [6, 6.07) is 18.8. The van der Waals surface area contributed by atoms with E-state index in [1.54, 1.807) is 0 Å². The molecule has 1 amide bonds. The van der Waals surface area contributed by atoms with Crippen LogP contribution in [0.3, 0.4) is 0 Å². The van der Waals surface area contributed by atoms with Crippen LogP contribution < -0.4 is 0 Å². The Morgan fingerprint density at radius 3 is 2.45 bits per heavy atom. The summed E-state index contributed by atoms with van der Waals surface area (Å²) in [7, 11) is 0. The molecule has 0 unspecified atom stereocenters. The van der Waals surface area contributed by atoms with Crippen molar-refractivity contribution in [2.24, 2.45) is 0 Å². The molecule has 0 spiro atoms. The first kappa shape index (κ1) is 18.7. The van der Waals surface area contributed by atoms with Crippen molar-refractivity contribution in [1.82, 2.24) is 19.8 Å². The zero-order chi connectivity index (χ0) is 20.2. The number of nitriles is 1. The molecule has 0 atom stereocenters. The van der Waals surface area contributed by atoms with Gasteiger partial charge < -0.3 is 15.0 Å². The Morgan fingerprint density at radius 2 is 1.76 bits per heavy atom. The van der Waals surface area contributed by atoms with E-state index in [1.807, 2.05) is 64.4 Å². The lowest BCUT2D eigenvalue weighted by Crippen LogP contribution is -2.49. The van der Waals surface area contributed by atoms with Crippen molar-refractivity contribution in [3.05, 3.63) is 71.7 Å². The highest BCUT2D eigenvalue weighted by Gasteiger charge is 2.23. The molecule has 3 aromatic rings. The largest absolute Gasteiger partial charge is 0.509 e. The number of rotatable bonds is 4. The number of aromatic amines is 1. The Kier molecular flexibility index (Phi) is 5.27. The van der Waals surface area contributed by atoms with Gasteiger partial charge in [0.25, 0.3) is 5.91 Å². The molecule has 4 rings (SSSR count). The third-order valence-corrected chi connectivity index (χ3v) is 5.08. The number of aliphatic hydroxyl groups is 1. The van der Waals surface area contributed by atoms with E-state index in [4.69, 9.17) is 0 Å². The van der Waals surface area contributed by atoms with Gasteiger partial charge in [0.15, 0.2) is 5.82 Å². The minimum Gasteiger partial charge on any atom is -0.509 e.